The second-order valence-electron chi connectivity index (χ2n) is 17.8. The number of hydrogen-bond donors (Lipinski definition) is 0. The van der Waals surface area contributed by atoms with Crippen LogP contribution in [0.2, 0.25) is 0 Å². The fraction of sp³-hybridized carbons (Fsp3) is 0.836. The van der Waals surface area contributed by atoms with Crippen LogP contribution in [0.1, 0.15) is 278 Å². The maximum atomic E-state index is 12.8. The molecule has 0 fully saturated rings. The van der Waals surface area contributed by atoms with E-state index in [1.54, 1.807) is 0 Å². The summed E-state index contributed by atoms with van der Waals surface area (Å²) in [5, 5.41) is 0. The molecular formula is C55H100O6. The predicted molar refractivity (Wildman–Crippen MR) is 261 cm³/mol. The van der Waals surface area contributed by atoms with E-state index in [1.807, 2.05) is 0 Å². The molecule has 0 aromatic rings. The average Bonchev–Trinajstić information content (AvgIpc) is 3.26. The molecule has 0 saturated heterocycles. The monoisotopic (exact) mass is 857 g/mol. The number of rotatable bonds is 48. The van der Waals surface area contributed by atoms with Gasteiger partial charge >= 0.3 is 17.9 Å². The van der Waals surface area contributed by atoms with Gasteiger partial charge in [0, 0.05) is 19.3 Å². The highest BCUT2D eigenvalue weighted by Crippen LogP contribution is 2.15. The molecule has 0 radical (unpaired) electrons. The number of carbonyl (C=O) groups is 3. The van der Waals surface area contributed by atoms with Crippen molar-refractivity contribution in [3.63, 3.8) is 0 Å². The third-order valence-corrected chi connectivity index (χ3v) is 11.6. The topological polar surface area (TPSA) is 78.9 Å². The van der Waals surface area contributed by atoms with Gasteiger partial charge in [0.05, 0.1) is 0 Å². The van der Waals surface area contributed by atoms with Crippen LogP contribution in [0.25, 0.3) is 0 Å². The number of carbonyl (C=O) groups excluding carboxylic acids is 3. The van der Waals surface area contributed by atoms with Gasteiger partial charge in [-0.1, -0.05) is 198 Å². The number of unbranched alkanes of at least 4 members (excludes halogenated alkanes) is 31. The van der Waals surface area contributed by atoms with Crippen LogP contribution in [0.15, 0.2) is 36.5 Å². The Hall–Kier alpha value is -2.37. The van der Waals surface area contributed by atoms with E-state index in [0.29, 0.717) is 19.3 Å². The number of ether oxygens (including phenoxy) is 3. The lowest BCUT2D eigenvalue weighted by molar-refractivity contribution is -0.167. The maximum absolute atomic E-state index is 12.8. The second kappa shape index (κ2) is 50.3. The third kappa shape index (κ3) is 48.5. The van der Waals surface area contributed by atoms with Gasteiger partial charge in [-0.15, -0.1) is 0 Å². The lowest BCUT2D eigenvalue weighted by Gasteiger charge is -2.18. The van der Waals surface area contributed by atoms with Gasteiger partial charge in [0.2, 0.25) is 0 Å². The summed E-state index contributed by atoms with van der Waals surface area (Å²) in [7, 11) is 0. The van der Waals surface area contributed by atoms with Crippen molar-refractivity contribution in [2.45, 2.75) is 284 Å². The predicted octanol–water partition coefficient (Wildman–Crippen LogP) is 17.3. The van der Waals surface area contributed by atoms with Crippen LogP contribution >= 0.6 is 0 Å². The van der Waals surface area contributed by atoms with Crippen LogP contribution in [0, 0.1) is 0 Å². The summed E-state index contributed by atoms with van der Waals surface area (Å²) in [5.74, 6) is -0.891. The third-order valence-electron chi connectivity index (χ3n) is 11.6. The van der Waals surface area contributed by atoms with Crippen LogP contribution in [0.3, 0.4) is 0 Å². The molecule has 6 heteroatoms. The van der Waals surface area contributed by atoms with Crippen molar-refractivity contribution >= 4 is 17.9 Å². The quantitative estimate of drug-likeness (QED) is 0.0262. The van der Waals surface area contributed by atoms with Crippen molar-refractivity contribution in [1.82, 2.24) is 0 Å². The van der Waals surface area contributed by atoms with Crippen LogP contribution in [0.4, 0.5) is 0 Å². The summed E-state index contributed by atoms with van der Waals surface area (Å²) in [4.78, 5) is 38.0. The Bertz CT molecular complexity index is 1030. The van der Waals surface area contributed by atoms with Crippen molar-refractivity contribution in [2.75, 3.05) is 13.2 Å². The zero-order valence-electron chi connectivity index (χ0n) is 40.7. The van der Waals surface area contributed by atoms with Crippen LogP contribution < -0.4 is 0 Å². The standard InChI is InChI=1S/C55H100O6/c1-4-7-10-13-16-19-22-25-26-27-28-31-33-36-39-42-45-48-54(57)60-51-52(61-55(58)49-46-43-40-37-34-30-24-21-18-15-12-9-6-3)50-59-53(56)47-44-41-38-35-32-29-23-20-17-14-11-8-5-2/h20-21,23-26,52H,4-19,22,27-51H2,1-3H3/t52-/m1/s1. The van der Waals surface area contributed by atoms with Crippen molar-refractivity contribution in [3.8, 4) is 0 Å². The molecule has 6 nitrogen and oxygen atoms in total. The van der Waals surface area contributed by atoms with Gasteiger partial charge in [-0.3, -0.25) is 14.4 Å². The molecule has 0 unspecified atom stereocenters. The highest BCUT2D eigenvalue weighted by Gasteiger charge is 2.19. The van der Waals surface area contributed by atoms with Gasteiger partial charge in [0.25, 0.3) is 0 Å². The first kappa shape index (κ1) is 58.6. The van der Waals surface area contributed by atoms with E-state index in [2.05, 4.69) is 57.2 Å². The average molecular weight is 857 g/mol. The van der Waals surface area contributed by atoms with Crippen LogP contribution in [-0.4, -0.2) is 37.2 Å². The van der Waals surface area contributed by atoms with E-state index >= 15 is 0 Å². The van der Waals surface area contributed by atoms with Gasteiger partial charge in [0.1, 0.15) is 13.2 Å². The Morgan fingerprint density at radius 2 is 0.541 bits per heavy atom. The molecule has 0 bridgehead atoms. The summed E-state index contributed by atoms with van der Waals surface area (Å²) >= 11 is 0. The molecule has 356 valence electrons. The summed E-state index contributed by atoms with van der Waals surface area (Å²) in [6.07, 6.45) is 58.4. The van der Waals surface area contributed by atoms with Crippen molar-refractivity contribution in [3.05, 3.63) is 36.5 Å². The molecule has 0 aliphatic rings. The summed E-state index contributed by atoms with van der Waals surface area (Å²) in [6.45, 7) is 6.60. The molecule has 0 spiro atoms. The minimum Gasteiger partial charge on any atom is -0.462 e. The number of esters is 3. The van der Waals surface area contributed by atoms with E-state index in [9.17, 15) is 14.4 Å². The zero-order chi connectivity index (χ0) is 44.4. The van der Waals surface area contributed by atoms with Crippen molar-refractivity contribution < 1.29 is 28.6 Å². The Morgan fingerprint density at radius 3 is 0.836 bits per heavy atom. The largest absolute Gasteiger partial charge is 0.462 e. The molecule has 0 amide bonds. The van der Waals surface area contributed by atoms with E-state index in [1.165, 1.54) is 161 Å². The first-order valence-corrected chi connectivity index (χ1v) is 26.5. The lowest BCUT2D eigenvalue weighted by Crippen LogP contribution is -2.30. The van der Waals surface area contributed by atoms with E-state index < -0.39 is 6.10 Å². The van der Waals surface area contributed by atoms with Crippen LogP contribution in [0.5, 0.6) is 0 Å². The molecule has 0 saturated carbocycles. The summed E-state index contributed by atoms with van der Waals surface area (Å²) in [6, 6.07) is 0. The SMILES string of the molecule is CCCCCCC=CCCCCCCCC(=O)OC[C@H](COC(=O)CCCCCCCCCC=CCCCCCCCC)OC(=O)CCCCCCCC=CCCCCCC. The van der Waals surface area contributed by atoms with Crippen molar-refractivity contribution in [2.24, 2.45) is 0 Å². The maximum Gasteiger partial charge on any atom is 0.306 e. The van der Waals surface area contributed by atoms with Gasteiger partial charge in [-0.05, 0) is 96.3 Å². The molecule has 0 heterocycles. The van der Waals surface area contributed by atoms with E-state index in [4.69, 9.17) is 14.2 Å². The summed E-state index contributed by atoms with van der Waals surface area (Å²) < 4.78 is 16.8. The lowest BCUT2D eigenvalue weighted by atomic mass is 10.1. The minimum atomic E-state index is -0.778. The molecule has 0 aliphatic heterocycles. The van der Waals surface area contributed by atoms with Gasteiger partial charge in [0.15, 0.2) is 6.10 Å². The molecule has 0 aromatic carbocycles. The Labute approximate surface area is 378 Å². The number of allylic oxidation sites excluding steroid dienone is 6. The van der Waals surface area contributed by atoms with Gasteiger partial charge in [-0.2, -0.15) is 0 Å². The normalized spacial score (nSPS) is 12.2. The van der Waals surface area contributed by atoms with E-state index in [0.717, 1.165) is 77.0 Å². The first-order chi connectivity index (χ1) is 30.0. The molecule has 0 N–H and O–H groups in total. The molecule has 0 rings (SSSR count). The fourth-order valence-electron chi connectivity index (χ4n) is 7.54. The summed E-state index contributed by atoms with van der Waals surface area (Å²) in [5.41, 5.74) is 0. The molecule has 0 aliphatic carbocycles. The Balaban J connectivity index is 4.36. The zero-order valence-corrected chi connectivity index (χ0v) is 40.7. The molecule has 1 atom stereocenters. The molecule has 61 heavy (non-hydrogen) atoms. The fourth-order valence-corrected chi connectivity index (χ4v) is 7.54. The molecule has 0 aromatic heterocycles. The van der Waals surface area contributed by atoms with Crippen LogP contribution in [-0.2, 0) is 28.6 Å². The van der Waals surface area contributed by atoms with Gasteiger partial charge in [-0.25, -0.2) is 0 Å². The number of hydrogen-bond acceptors (Lipinski definition) is 6. The smallest absolute Gasteiger partial charge is 0.306 e. The van der Waals surface area contributed by atoms with E-state index in [-0.39, 0.29) is 31.1 Å². The first-order valence-electron chi connectivity index (χ1n) is 26.5. The van der Waals surface area contributed by atoms with Gasteiger partial charge < -0.3 is 14.2 Å². The Kier molecular flexibility index (Phi) is 48.3. The highest BCUT2D eigenvalue weighted by atomic mass is 16.6. The Morgan fingerprint density at radius 1 is 0.311 bits per heavy atom. The molecular weight excluding hydrogens is 757 g/mol. The second-order valence-corrected chi connectivity index (χ2v) is 17.8. The van der Waals surface area contributed by atoms with Crippen molar-refractivity contribution in [1.29, 1.82) is 0 Å². The highest BCUT2D eigenvalue weighted by molar-refractivity contribution is 5.71. The minimum absolute atomic E-state index is 0.0788.